The van der Waals surface area contributed by atoms with Gasteiger partial charge in [0.05, 0.1) is 36.9 Å². The molecule has 1 atom stereocenters. The zero-order valence-corrected chi connectivity index (χ0v) is 14.8. The van der Waals surface area contributed by atoms with Gasteiger partial charge in [0.2, 0.25) is 0 Å². The van der Waals surface area contributed by atoms with Crippen molar-refractivity contribution < 1.29 is 14.3 Å². The Hall–Kier alpha value is -2.18. The lowest BCUT2D eigenvalue weighted by Crippen LogP contribution is -2.38. The summed E-state index contributed by atoms with van der Waals surface area (Å²) in [6.45, 7) is 5.47. The molecule has 0 aliphatic carbocycles. The van der Waals surface area contributed by atoms with Gasteiger partial charge in [-0.3, -0.25) is 4.79 Å². The zero-order chi connectivity index (χ0) is 17.6. The Morgan fingerprint density at radius 2 is 2.12 bits per heavy atom. The van der Waals surface area contributed by atoms with Gasteiger partial charge < -0.3 is 19.7 Å². The maximum absolute atomic E-state index is 12.9. The van der Waals surface area contributed by atoms with Gasteiger partial charge in [-0.25, -0.2) is 4.98 Å². The number of carbonyl (C=O) groups is 1. The summed E-state index contributed by atoms with van der Waals surface area (Å²) >= 11 is 0. The van der Waals surface area contributed by atoms with Crippen molar-refractivity contribution in [3.8, 4) is 0 Å². The molecule has 6 nitrogen and oxygen atoms in total. The second-order valence-corrected chi connectivity index (χ2v) is 6.18. The molecule has 0 spiro atoms. The number of hydrogen-bond acceptors (Lipinski definition) is 5. The van der Waals surface area contributed by atoms with Gasteiger partial charge >= 0.3 is 0 Å². The van der Waals surface area contributed by atoms with E-state index in [1.165, 1.54) is 0 Å². The highest BCUT2D eigenvalue weighted by Crippen LogP contribution is 2.24. The van der Waals surface area contributed by atoms with E-state index in [9.17, 15) is 4.79 Å². The number of amides is 1. The number of benzene rings is 1. The molecule has 1 aliphatic heterocycles. The number of nitrogens with one attached hydrogen (secondary N) is 1. The Kier molecular flexibility index (Phi) is 5.83. The third-order valence-corrected chi connectivity index (χ3v) is 4.48. The molecule has 0 radical (unpaired) electrons. The van der Waals surface area contributed by atoms with E-state index in [2.05, 4.69) is 10.2 Å². The molecule has 0 bridgehead atoms. The smallest absolute Gasteiger partial charge is 0.252 e. The molecule has 1 N–H and O–H groups in total. The number of nitrogens with zero attached hydrogens (tertiary/aromatic N) is 2. The van der Waals surface area contributed by atoms with Crippen LogP contribution in [0.5, 0.6) is 0 Å². The fourth-order valence-corrected chi connectivity index (χ4v) is 3.03. The number of morpholine rings is 1. The summed E-state index contributed by atoms with van der Waals surface area (Å²) in [4.78, 5) is 19.8. The predicted octanol–water partition coefficient (Wildman–Crippen LogP) is 2.23. The minimum absolute atomic E-state index is 0.00346. The van der Waals surface area contributed by atoms with E-state index in [1.54, 1.807) is 7.11 Å². The number of carbonyl (C=O) groups excluding carboxylic acids is 1. The van der Waals surface area contributed by atoms with Crippen molar-refractivity contribution in [2.75, 3.05) is 44.9 Å². The molecule has 134 valence electrons. The van der Waals surface area contributed by atoms with Crippen LogP contribution in [0, 0.1) is 0 Å². The van der Waals surface area contributed by atoms with Crippen molar-refractivity contribution in [2.45, 2.75) is 19.4 Å². The van der Waals surface area contributed by atoms with Crippen LogP contribution in [0.2, 0.25) is 0 Å². The summed E-state index contributed by atoms with van der Waals surface area (Å²) in [6, 6.07) is 9.65. The lowest BCUT2D eigenvalue weighted by Gasteiger charge is -2.28. The summed E-state index contributed by atoms with van der Waals surface area (Å²) in [5.74, 6) is 0.740. The SMILES string of the molecule is CCC(COC)NC(=O)c1cc(N2CCOCC2)nc2ccccc12. The first-order chi connectivity index (χ1) is 12.2. The molecule has 0 saturated carbocycles. The van der Waals surface area contributed by atoms with Gasteiger partial charge in [-0.15, -0.1) is 0 Å². The molecular weight excluding hydrogens is 318 g/mol. The van der Waals surface area contributed by atoms with E-state index in [-0.39, 0.29) is 11.9 Å². The molecule has 1 unspecified atom stereocenters. The third-order valence-electron chi connectivity index (χ3n) is 4.48. The molecule has 1 aromatic carbocycles. The van der Waals surface area contributed by atoms with Crippen LogP contribution < -0.4 is 10.2 Å². The van der Waals surface area contributed by atoms with Gasteiger partial charge in [-0.05, 0) is 18.6 Å². The average Bonchev–Trinajstić information content (AvgIpc) is 2.67. The number of fused-ring (bicyclic) bond motifs is 1. The highest BCUT2D eigenvalue weighted by molar-refractivity contribution is 6.07. The summed E-state index contributed by atoms with van der Waals surface area (Å²) in [7, 11) is 1.65. The Morgan fingerprint density at radius 1 is 1.36 bits per heavy atom. The molecule has 1 amide bonds. The van der Waals surface area contributed by atoms with E-state index in [4.69, 9.17) is 14.5 Å². The van der Waals surface area contributed by atoms with Crippen LogP contribution in [0.15, 0.2) is 30.3 Å². The molecular formula is C19H25N3O3. The van der Waals surface area contributed by atoms with Crippen LogP contribution in [0.25, 0.3) is 10.9 Å². The van der Waals surface area contributed by atoms with E-state index in [0.29, 0.717) is 25.4 Å². The van der Waals surface area contributed by atoms with Crippen molar-refractivity contribution in [2.24, 2.45) is 0 Å². The van der Waals surface area contributed by atoms with E-state index in [0.717, 1.165) is 36.2 Å². The van der Waals surface area contributed by atoms with Gasteiger partial charge in [0, 0.05) is 25.6 Å². The molecule has 1 fully saturated rings. The van der Waals surface area contributed by atoms with E-state index in [1.807, 2.05) is 37.3 Å². The minimum atomic E-state index is -0.0861. The number of hydrogen-bond donors (Lipinski definition) is 1. The first kappa shape index (κ1) is 17.6. The summed E-state index contributed by atoms with van der Waals surface area (Å²) < 4.78 is 10.6. The molecule has 2 heterocycles. The van der Waals surface area contributed by atoms with Gasteiger partial charge in [0.25, 0.3) is 5.91 Å². The van der Waals surface area contributed by atoms with Crippen LogP contribution in [-0.2, 0) is 9.47 Å². The Balaban J connectivity index is 1.95. The molecule has 2 aromatic rings. The highest BCUT2D eigenvalue weighted by atomic mass is 16.5. The summed E-state index contributed by atoms with van der Waals surface area (Å²) in [5.41, 5.74) is 1.48. The van der Waals surface area contributed by atoms with Gasteiger partial charge in [-0.1, -0.05) is 25.1 Å². The van der Waals surface area contributed by atoms with Crippen molar-refractivity contribution >= 4 is 22.6 Å². The standard InChI is InChI=1S/C19H25N3O3/c1-3-14(13-24-2)20-19(23)16-12-18(22-8-10-25-11-9-22)21-17-7-5-4-6-15(16)17/h4-7,12,14H,3,8-11,13H2,1-2H3,(H,20,23). The molecule has 3 rings (SSSR count). The maximum Gasteiger partial charge on any atom is 0.252 e. The fraction of sp³-hybridized carbons (Fsp3) is 0.474. The van der Waals surface area contributed by atoms with Crippen molar-refractivity contribution in [1.29, 1.82) is 0 Å². The van der Waals surface area contributed by atoms with E-state index < -0.39 is 0 Å². The molecule has 1 saturated heterocycles. The minimum Gasteiger partial charge on any atom is -0.383 e. The number of ether oxygens (including phenoxy) is 2. The molecule has 1 aliphatic rings. The lowest BCUT2D eigenvalue weighted by atomic mass is 10.1. The Bertz CT molecular complexity index is 729. The maximum atomic E-state index is 12.9. The van der Waals surface area contributed by atoms with Crippen molar-refractivity contribution in [3.63, 3.8) is 0 Å². The van der Waals surface area contributed by atoms with Crippen LogP contribution in [-0.4, -0.2) is 57.0 Å². The monoisotopic (exact) mass is 343 g/mol. The zero-order valence-electron chi connectivity index (χ0n) is 14.8. The first-order valence-electron chi connectivity index (χ1n) is 8.75. The largest absolute Gasteiger partial charge is 0.383 e. The first-order valence-corrected chi connectivity index (χ1v) is 8.75. The highest BCUT2D eigenvalue weighted by Gasteiger charge is 2.19. The fourth-order valence-electron chi connectivity index (χ4n) is 3.03. The topological polar surface area (TPSA) is 63.7 Å². The summed E-state index contributed by atoms with van der Waals surface area (Å²) in [5, 5.41) is 3.94. The third kappa shape index (κ3) is 4.08. The Morgan fingerprint density at radius 3 is 2.84 bits per heavy atom. The second-order valence-electron chi connectivity index (χ2n) is 6.18. The number of para-hydroxylation sites is 1. The lowest BCUT2D eigenvalue weighted by molar-refractivity contribution is 0.0896. The van der Waals surface area contributed by atoms with Crippen LogP contribution in [0.3, 0.4) is 0 Å². The number of methoxy groups -OCH3 is 1. The predicted molar refractivity (Wildman–Crippen MR) is 98.2 cm³/mol. The van der Waals surface area contributed by atoms with Gasteiger partial charge in [-0.2, -0.15) is 0 Å². The van der Waals surface area contributed by atoms with Crippen LogP contribution in [0.1, 0.15) is 23.7 Å². The number of anilines is 1. The van der Waals surface area contributed by atoms with Crippen molar-refractivity contribution in [3.05, 3.63) is 35.9 Å². The second kappa shape index (κ2) is 8.27. The number of pyridine rings is 1. The molecule has 6 heteroatoms. The number of rotatable bonds is 6. The van der Waals surface area contributed by atoms with Crippen LogP contribution in [0.4, 0.5) is 5.82 Å². The molecule has 25 heavy (non-hydrogen) atoms. The quantitative estimate of drug-likeness (QED) is 0.871. The average molecular weight is 343 g/mol. The molecule has 1 aromatic heterocycles. The van der Waals surface area contributed by atoms with Gasteiger partial charge in [0.1, 0.15) is 5.82 Å². The summed E-state index contributed by atoms with van der Waals surface area (Å²) in [6.07, 6.45) is 0.818. The van der Waals surface area contributed by atoms with Gasteiger partial charge in [0.15, 0.2) is 0 Å². The van der Waals surface area contributed by atoms with Crippen LogP contribution >= 0.6 is 0 Å². The van der Waals surface area contributed by atoms with Crippen molar-refractivity contribution in [1.82, 2.24) is 10.3 Å². The normalized spacial score (nSPS) is 16.0. The number of aromatic nitrogens is 1. The Labute approximate surface area is 148 Å². The van der Waals surface area contributed by atoms with E-state index >= 15 is 0 Å².